The zero-order chi connectivity index (χ0) is 25.6. The molecule has 182 valence electrons. The van der Waals surface area contributed by atoms with E-state index in [9.17, 15) is 24.5 Å². The van der Waals surface area contributed by atoms with Crippen molar-refractivity contribution in [2.24, 2.45) is 5.92 Å². The van der Waals surface area contributed by atoms with Crippen molar-refractivity contribution in [1.29, 1.82) is 0 Å². The summed E-state index contributed by atoms with van der Waals surface area (Å²) in [5.41, 5.74) is 1.35. The second-order valence-electron chi connectivity index (χ2n) is 8.20. The minimum absolute atomic E-state index is 0.154. The van der Waals surface area contributed by atoms with E-state index in [0.29, 0.717) is 16.3 Å². The van der Waals surface area contributed by atoms with Crippen LogP contribution in [0.5, 0.6) is 0 Å². The Morgan fingerprint density at radius 3 is 2.31 bits per heavy atom. The van der Waals surface area contributed by atoms with Gasteiger partial charge in [0.25, 0.3) is 11.6 Å². The second-order valence-corrected chi connectivity index (χ2v) is 8.64. The van der Waals surface area contributed by atoms with Crippen molar-refractivity contribution >= 4 is 46.4 Å². The zero-order valence-electron chi connectivity index (χ0n) is 18.7. The molecule has 2 amide bonds. The number of carbonyl (C=O) groups excluding carboxylic acids is 3. The number of amides is 2. The molecular weight excluding hydrogens is 490 g/mol. The number of carbonyl (C=O) groups is 3. The molecule has 3 atom stereocenters. The van der Waals surface area contributed by atoms with Gasteiger partial charge in [0.15, 0.2) is 6.10 Å². The Bertz CT molecular complexity index is 1380. The van der Waals surface area contributed by atoms with Crippen LogP contribution in [0.15, 0.2) is 72.8 Å². The van der Waals surface area contributed by atoms with Crippen molar-refractivity contribution in [3.05, 3.63) is 99.1 Å². The number of benzene rings is 3. The summed E-state index contributed by atoms with van der Waals surface area (Å²) in [7, 11) is 1.25. The number of fused-ring (bicyclic) bond motifs is 1. The van der Waals surface area contributed by atoms with Gasteiger partial charge in [-0.25, -0.2) is 14.8 Å². The van der Waals surface area contributed by atoms with E-state index in [1.807, 2.05) is 0 Å². The number of nitro benzene ring substituents is 1. The highest BCUT2D eigenvalue weighted by Gasteiger charge is 2.60. The number of rotatable bonds is 5. The van der Waals surface area contributed by atoms with Crippen molar-refractivity contribution in [2.45, 2.75) is 12.1 Å². The molecule has 0 saturated carbocycles. The first kappa shape index (κ1) is 23.5. The number of imide groups is 1. The first-order valence-corrected chi connectivity index (χ1v) is 11.2. The second kappa shape index (κ2) is 9.06. The Hall–Kier alpha value is -4.28. The number of hydrogen-bond acceptors (Lipinski definition) is 8. The average Bonchev–Trinajstić information content (AvgIpc) is 3.40. The van der Waals surface area contributed by atoms with Gasteiger partial charge in [-0.2, -0.15) is 0 Å². The molecule has 36 heavy (non-hydrogen) atoms. The van der Waals surface area contributed by atoms with Crippen LogP contribution in [-0.4, -0.2) is 35.9 Å². The minimum atomic E-state index is -1.15. The van der Waals surface area contributed by atoms with E-state index in [0.717, 1.165) is 4.90 Å². The SMILES string of the molecule is COC(=O)c1ccc(N2C(=O)C3ON(c4ccc(Cl)cc4)C(c4cccc([N+](=O)[O-])c4)C3C2=O)cc1. The first-order valence-electron chi connectivity index (χ1n) is 10.8. The molecule has 2 saturated heterocycles. The lowest BCUT2D eigenvalue weighted by atomic mass is 9.90. The van der Waals surface area contributed by atoms with Gasteiger partial charge in [0.05, 0.1) is 35.0 Å². The van der Waals surface area contributed by atoms with E-state index in [4.69, 9.17) is 16.4 Å². The molecule has 3 unspecified atom stereocenters. The molecule has 2 aliphatic rings. The van der Waals surface area contributed by atoms with Gasteiger partial charge < -0.3 is 4.74 Å². The predicted molar refractivity (Wildman–Crippen MR) is 128 cm³/mol. The van der Waals surface area contributed by atoms with Gasteiger partial charge in [0.1, 0.15) is 5.92 Å². The fourth-order valence-electron chi connectivity index (χ4n) is 4.51. The molecule has 0 aromatic heterocycles. The molecule has 3 aromatic carbocycles. The van der Waals surface area contributed by atoms with Crippen LogP contribution in [0.3, 0.4) is 0 Å². The number of nitrogens with zero attached hydrogens (tertiary/aromatic N) is 3. The maximum atomic E-state index is 13.7. The third-order valence-electron chi connectivity index (χ3n) is 6.17. The molecule has 2 heterocycles. The maximum absolute atomic E-state index is 13.7. The third-order valence-corrected chi connectivity index (χ3v) is 6.42. The van der Waals surface area contributed by atoms with E-state index in [1.54, 1.807) is 30.3 Å². The Morgan fingerprint density at radius 1 is 1.00 bits per heavy atom. The van der Waals surface area contributed by atoms with Gasteiger partial charge >= 0.3 is 5.97 Å². The number of nitro groups is 1. The summed E-state index contributed by atoms with van der Waals surface area (Å²) in [5, 5.41) is 13.3. The van der Waals surface area contributed by atoms with Gasteiger partial charge in [-0.15, -0.1) is 0 Å². The molecule has 0 N–H and O–H groups in total. The summed E-state index contributed by atoms with van der Waals surface area (Å²) in [4.78, 5) is 56.7. The van der Waals surface area contributed by atoms with Crippen LogP contribution in [0.25, 0.3) is 0 Å². The normalized spacial score (nSPS) is 21.0. The summed E-state index contributed by atoms with van der Waals surface area (Å²) in [6, 6.07) is 17.5. The highest BCUT2D eigenvalue weighted by atomic mass is 35.5. The van der Waals surface area contributed by atoms with E-state index in [1.165, 1.54) is 54.6 Å². The molecular formula is C25H18ClN3O7. The van der Waals surface area contributed by atoms with Crippen LogP contribution in [0.1, 0.15) is 22.0 Å². The molecule has 10 nitrogen and oxygen atoms in total. The Labute approximate surface area is 209 Å². The number of halogens is 1. The largest absolute Gasteiger partial charge is 0.465 e. The number of non-ortho nitro benzene ring substituents is 1. The highest BCUT2D eigenvalue weighted by molar-refractivity contribution is 6.30. The summed E-state index contributed by atoms with van der Waals surface area (Å²) in [5.74, 6) is -2.63. The van der Waals surface area contributed by atoms with Crippen LogP contribution in [0.4, 0.5) is 17.1 Å². The summed E-state index contributed by atoms with van der Waals surface area (Å²) >= 11 is 6.02. The van der Waals surface area contributed by atoms with E-state index >= 15 is 0 Å². The number of hydrogen-bond donors (Lipinski definition) is 0. The predicted octanol–water partition coefficient (Wildman–Crippen LogP) is 4.09. The zero-order valence-corrected chi connectivity index (χ0v) is 19.5. The smallest absolute Gasteiger partial charge is 0.337 e. The first-order chi connectivity index (χ1) is 17.3. The molecule has 2 fully saturated rings. The van der Waals surface area contributed by atoms with Gasteiger partial charge in [0.2, 0.25) is 5.91 Å². The monoisotopic (exact) mass is 507 g/mol. The standard InChI is InChI=1S/C25H18ClN3O7/c1-35-25(32)14-5-9-17(10-6-14)27-23(30)20-21(15-3-2-4-19(13-15)29(33)34)28(36-22(20)24(27)31)18-11-7-16(26)8-12-18/h2-13,20-22H,1H3. The van der Waals surface area contributed by atoms with E-state index < -0.39 is 40.8 Å². The Morgan fingerprint density at radius 2 is 1.67 bits per heavy atom. The van der Waals surface area contributed by atoms with Crippen LogP contribution >= 0.6 is 11.6 Å². The quantitative estimate of drug-likeness (QED) is 0.219. The van der Waals surface area contributed by atoms with Crippen LogP contribution in [0.2, 0.25) is 5.02 Å². The van der Waals surface area contributed by atoms with Crippen molar-refractivity contribution < 1.29 is 28.9 Å². The number of methoxy groups -OCH3 is 1. The summed E-state index contributed by atoms with van der Waals surface area (Å²) in [6.45, 7) is 0. The molecule has 5 rings (SSSR count). The van der Waals surface area contributed by atoms with Gasteiger partial charge in [-0.3, -0.25) is 24.5 Å². The summed E-state index contributed by atoms with van der Waals surface area (Å²) < 4.78 is 4.69. The average molecular weight is 508 g/mol. The fraction of sp³-hybridized carbons (Fsp3) is 0.160. The molecule has 0 radical (unpaired) electrons. The lowest BCUT2D eigenvalue weighted by molar-refractivity contribution is -0.384. The van der Waals surface area contributed by atoms with Crippen molar-refractivity contribution in [3.63, 3.8) is 0 Å². The maximum Gasteiger partial charge on any atom is 0.337 e. The molecule has 0 spiro atoms. The van der Waals surface area contributed by atoms with E-state index in [2.05, 4.69) is 4.74 Å². The lowest BCUT2D eigenvalue weighted by Gasteiger charge is -2.28. The summed E-state index contributed by atoms with van der Waals surface area (Å²) in [6.07, 6.45) is -1.15. The molecule has 0 bridgehead atoms. The third kappa shape index (κ3) is 3.86. The van der Waals surface area contributed by atoms with Crippen molar-refractivity contribution in [3.8, 4) is 0 Å². The Kier molecular flexibility index (Phi) is 5.91. The lowest BCUT2D eigenvalue weighted by Crippen LogP contribution is -2.37. The number of anilines is 2. The Balaban J connectivity index is 1.55. The van der Waals surface area contributed by atoms with E-state index in [-0.39, 0.29) is 16.9 Å². The molecule has 3 aromatic rings. The minimum Gasteiger partial charge on any atom is -0.465 e. The highest BCUT2D eigenvalue weighted by Crippen LogP contribution is 2.48. The van der Waals surface area contributed by atoms with Gasteiger partial charge in [-0.05, 0) is 54.1 Å². The van der Waals surface area contributed by atoms with Crippen molar-refractivity contribution in [1.82, 2.24) is 0 Å². The number of hydroxylamine groups is 1. The van der Waals surface area contributed by atoms with Gasteiger partial charge in [0, 0.05) is 17.2 Å². The molecule has 0 aliphatic carbocycles. The van der Waals surface area contributed by atoms with Crippen LogP contribution in [0, 0.1) is 16.0 Å². The van der Waals surface area contributed by atoms with Crippen molar-refractivity contribution in [2.75, 3.05) is 17.1 Å². The number of esters is 1. The van der Waals surface area contributed by atoms with Gasteiger partial charge in [-0.1, -0.05) is 23.7 Å². The van der Waals surface area contributed by atoms with Crippen LogP contribution in [-0.2, 0) is 19.2 Å². The van der Waals surface area contributed by atoms with Crippen LogP contribution < -0.4 is 9.96 Å². The molecule has 2 aliphatic heterocycles. The topological polar surface area (TPSA) is 119 Å². The number of ether oxygens (including phenoxy) is 1. The molecule has 11 heteroatoms. The fourth-order valence-corrected chi connectivity index (χ4v) is 4.63.